The summed E-state index contributed by atoms with van der Waals surface area (Å²) < 4.78 is 0. The average molecular weight is 439 g/mol. The maximum absolute atomic E-state index is 5.08. The van der Waals surface area contributed by atoms with Crippen LogP contribution < -0.4 is 21.2 Å². The summed E-state index contributed by atoms with van der Waals surface area (Å²) in [5.74, 6) is 1.04. The van der Waals surface area contributed by atoms with Gasteiger partial charge in [0.2, 0.25) is 0 Å². The highest BCUT2D eigenvalue weighted by Gasteiger charge is 2.20. The zero-order valence-electron chi connectivity index (χ0n) is 19.8. The molecule has 2 aromatic rings. The summed E-state index contributed by atoms with van der Waals surface area (Å²) in [6.45, 7) is 12.4. The Kier molecular flexibility index (Phi) is 11.3. The number of nitrogens with zero attached hydrogens (tertiary/aromatic N) is 2. The molecular formula is C26H39N4P. The van der Waals surface area contributed by atoms with E-state index in [1.807, 2.05) is 6.92 Å². The Morgan fingerprint density at radius 3 is 1.68 bits per heavy atom. The lowest BCUT2D eigenvalue weighted by atomic mass is 10.2. The number of hydrogen-bond donors (Lipinski definition) is 2. The van der Waals surface area contributed by atoms with Crippen LogP contribution in [0, 0.1) is 0 Å². The van der Waals surface area contributed by atoms with Crippen LogP contribution in [-0.2, 0) is 0 Å². The van der Waals surface area contributed by atoms with Crippen molar-refractivity contribution in [1.82, 2.24) is 10.6 Å². The fourth-order valence-corrected chi connectivity index (χ4v) is 5.64. The minimum absolute atomic E-state index is 0.349. The van der Waals surface area contributed by atoms with Crippen molar-refractivity contribution in [2.75, 3.05) is 13.1 Å². The molecule has 0 saturated heterocycles. The summed E-state index contributed by atoms with van der Waals surface area (Å²) in [5, 5.41) is 9.67. The van der Waals surface area contributed by atoms with Crippen molar-refractivity contribution in [2.45, 2.75) is 66.0 Å². The molecule has 0 heterocycles. The largest absolute Gasteiger partial charge is 0.372 e. The van der Waals surface area contributed by atoms with Gasteiger partial charge >= 0.3 is 0 Å². The van der Waals surface area contributed by atoms with E-state index in [9.17, 15) is 0 Å². The van der Waals surface area contributed by atoms with Gasteiger partial charge in [-0.2, -0.15) is 0 Å². The summed E-state index contributed by atoms with van der Waals surface area (Å²) in [6.07, 6.45) is 3.33. The standard InChI is InChI=1S/C26H39N4P/c1-21(2)29-23(5)27-19-13-8-14-20-28-26(30-22(3)4)31(24-15-9-6-10-16-24)25-17-11-7-12-18-25/h6-7,9-12,15-18,21-22H,8,13-14,19-20H2,1-5H3,(H,27,29)(H,28,30). The number of unbranched alkanes of at least 4 members (excludes halogenated alkanes) is 2. The molecule has 0 atom stereocenters. The van der Waals surface area contributed by atoms with Gasteiger partial charge in [0, 0.05) is 33.1 Å². The van der Waals surface area contributed by atoms with Gasteiger partial charge in [-0.25, -0.2) is 0 Å². The molecule has 0 bridgehead atoms. The van der Waals surface area contributed by atoms with Gasteiger partial charge < -0.3 is 10.6 Å². The van der Waals surface area contributed by atoms with E-state index >= 15 is 0 Å². The Morgan fingerprint density at radius 2 is 1.19 bits per heavy atom. The third kappa shape index (κ3) is 9.65. The van der Waals surface area contributed by atoms with E-state index in [1.165, 1.54) is 10.6 Å². The summed E-state index contributed by atoms with van der Waals surface area (Å²) in [7, 11) is -0.683. The maximum Gasteiger partial charge on any atom is 0.129 e. The zero-order chi connectivity index (χ0) is 22.5. The molecule has 2 rings (SSSR count). The molecule has 0 radical (unpaired) electrons. The molecule has 4 nitrogen and oxygen atoms in total. The second kappa shape index (κ2) is 14.0. The van der Waals surface area contributed by atoms with Crippen LogP contribution in [-0.4, -0.2) is 36.6 Å². The molecule has 2 N–H and O–H groups in total. The molecule has 2 aromatic carbocycles. The normalized spacial score (nSPS) is 12.6. The summed E-state index contributed by atoms with van der Waals surface area (Å²) in [5.41, 5.74) is 1.12. The number of rotatable bonds is 11. The second-order valence-corrected chi connectivity index (χ2v) is 10.5. The first-order valence-electron chi connectivity index (χ1n) is 11.5. The van der Waals surface area contributed by atoms with Gasteiger partial charge in [-0.1, -0.05) is 60.7 Å². The highest BCUT2D eigenvalue weighted by Crippen LogP contribution is 2.34. The molecule has 0 spiro atoms. The van der Waals surface area contributed by atoms with E-state index < -0.39 is 7.92 Å². The summed E-state index contributed by atoms with van der Waals surface area (Å²) in [6, 6.07) is 22.3. The lowest BCUT2D eigenvalue weighted by molar-refractivity contribution is 0.682. The van der Waals surface area contributed by atoms with Crippen LogP contribution in [0.3, 0.4) is 0 Å². The molecule has 5 heteroatoms. The smallest absolute Gasteiger partial charge is 0.129 e. The number of amidine groups is 2. The third-order valence-corrected chi connectivity index (χ3v) is 6.91. The molecule has 0 unspecified atom stereocenters. The first-order valence-corrected chi connectivity index (χ1v) is 12.8. The van der Waals surface area contributed by atoms with Crippen LogP contribution in [0.15, 0.2) is 70.6 Å². The molecule has 0 saturated carbocycles. The van der Waals surface area contributed by atoms with Crippen molar-refractivity contribution in [3.8, 4) is 0 Å². The highest BCUT2D eigenvalue weighted by atomic mass is 31.1. The Hall–Kier alpha value is -2.19. The zero-order valence-corrected chi connectivity index (χ0v) is 20.7. The van der Waals surface area contributed by atoms with Crippen molar-refractivity contribution in [1.29, 1.82) is 0 Å². The van der Waals surface area contributed by atoms with E-state index in [0.717, 1.165) is 43.8 Å². The minimum Gasteiger partial charge on any atom is -0.372 e. The predicted molar refractivity (Wildman–Crippen MR) is 140 cm³/mol. The predicted octanol–water partition coefficient (Wildman–Crippen LogP) is 5.06. The van der Waals surface area contributed by atoms with E-state index in [2.05, 4.69) is 104 Å². The van der Waals surface area contributed by atoms with Crippen LogP contribution >= 0.6 is 7.92 Å². The Labute approximate surface area is 190 Å². The van der Waals surface area contributed by atoms with Crippen molar-refractivity contribution in [3.05, 3.63) is 60.7 Å². The lowest BCUT2D eigenvalue weighted by Crippen LogP contribution is -2.34. The van der Waals surface area contributed by atoms with Crippen molar-refractivity contribution < 1.29 is 0 Å². The monoisotopic (exact) mass is 438 g/mol. The fraction of sp³-hybridized carbons (Fsp3) is 0.462. The van der Waals surface area contributed by atoms with Crippen LogP contribution in [0.25, 0.3) is 0 Å². The number of aliphatic imine (C=N–C) groups is 2. The SMILES string of the molecule is CC(=NCCCCCN=C(NC(C)C)P(c1ccccc1)c1ccccc1)NC(C)C. The number of hydrogen-bond acceptors (Lipinski definition) is 2. The van der Waals surface area contributed by atoms with Crippen LogP contribution in [0.2, 0.25) is 0 Å². The van der Waals surface area contributed by atoms with E-state index in [-0.39, 0.29) is 0 Å². The Bertz CT molecular complexity index is 761. The van der Waals surface area contributed by atoms with Crippen LogP contribution in [0.1, 0.15) is 53.9 Å². The first kappa shape index (κ1) is 25.1. The minimum atomic E-state index is -0.683. The van der Waals surface area contributed by atoms with Gasteiger partial charge in [-0.05, 0) is 64.5 Å². The van der Waals surface area contributed by atoms with Gasteiger partial charge in [-0.3, -0.25) is 9.98 Å². The Balaban J connectivity index is 2.04. The number of nitrogens with one attached hydrogen (secondary N) is 2. The molecule has 0 aliphatic carbocycles. The molecule has 0 aromatic heterocycles. The molecule has 31 heavy (non-hydrogen) atoms. The summed E-state index contributed by atoms with van der Waals surface area (Å²) >= 11 is 0. The quantitative estimate of drug-likeness (QED) is 0.223. The molecule has 0 aliphatic heterocycles. The maximum atomic E-state index is 5.08. The van der Waals surface area contributed by atoms with Crippen LogP contribution in [0.5, 0.6) is 0 Å². The average Bonchev–Trinajstić information content (AvgIpc) is 2.73. The third-order valence-electron chi connectivity index (χ3n) is 4.58. The number of benzene rings is 2. The molecule has 168 valence electrons. The van der Waals surface area contributed by atoms with Crippen molar-refractivity contribution >= 4 is 29.9 Å². The van der Waals surface area contributed by atoms with Gasteiger partial charge in [-0.15, -0.1) is 0 Å². The van der Waals surface area contributed by atoms with E-state index in [0.29, 0.717) is 12.1 Å². The van der Waals surface area contributed by atoms with Gasteiger partial charge in [0.25, 0.3) is 0 Å². The fourth-order valence-electron chi connectivity index (χ4n) is 3.28. The van der Waals surface area contributed by atoms with Crippen molar-refractivity contribution in [2.24, 2.45) is 9.98 Å². The molecule has 0 aliphatic rings. The second-order valence-electron chi connectivity index (χ2n) is 8.34. The molecule has 0 amide bonds. The highest BCUT2D eigenvalue weighted by molar-refractivity contribution is 7.87. The van der Waals surface area contributed by atoms with Crippen molar-refractivity contribution in [3.63, 3.8) is 0 Å². The Morgan fingerprint density at radius 1 is 0.710 bits per heavy atom. The van der Waals surface area contributed by atoms with Gasteiger partial charge in [0.15, 0.2) is 0 Å². The van der Waals surface area contributed by atoms with Crippen LogP contribution in [0.4, 0.5) is 0 Å². The van der Waals surface area contributed by atoms with Gasteiger partial charge in [0.05, 0.1) is 5.84 Å². The van der Waals surface area contributed by atoms with E-state index in [4.69, 9.17) is 4.99 Å². The topological polar surface area (TPSA) is 48.8 Å². The lowest BCUT2D eigenvalue weighted by Gasteiger charge is -2.24. The summed E-state index contributed by atoms with van der Waals surface area (Å²) in [4.78, 5) is 9.68. The van der Waals surface area contributed by atoms with Gasteiger partial charge in [0.1, 0.15) is 5.58 Å². The molecular weight excluding hydrogens is 399 g/mol. The van der Waals surface area contributed by atoms with E-state index in [1.54, 1.807) is 0 Å². The molecule has 0 fully saturated rings. The first-order chi connectivity index (χ1) is 15.0.